The van der Waals surface area contributed by atoms with E-state index < -0.39 is 23.8 Å². The minimum atomic E-state index is -4.90. The number of halogens is 3. The Bertz CT molecular complexity index is 368. The monoisotopic (exact) mass is 327 g/mol. The predicted octanol–water partition coefficient (Wildman–Crippen LogP) is 1.64. The van der Waals surface area contributed by atoms with Gasteiger partial charge in [-0.15, -0.1) is 0 Å². The standard InChI is InChI=1S/C13H24F3N3O3/c1-12(2,3)22-11(21)19(8-4-6-17)9-5-7-18-10(20)13(14,15)16/h4-9,17H2,1-3H3,(H,18,20). The van der Waals surface area contributed by atoms with Crippen molar-refractivity contribution in [3.8, 4) is 0 Å². The van der Waals surface area contributed by atoms with Crippen molar-refractivity contribution in [3.05, 3.63) is 0 Å². The number of nitrogens with one attached hydrogen (secondary N) is 1. The Hall–Kier alpha value is -1.51. The van der Waals surface area contributed by atoms with E-state index in [0.717, 1.165) is 0 Å². The Kier molecular flexibility index (Phi) is 8.21. The molecule has 130 valence electrons. The van der Waals surface area contributed by atoms with Crippen LogP contribution >= 0.6 is 0 Å². The molecule has 0 aromatic rings. The largest absolute Gasteiger partial charge is 0.471 e. The van der Waals surface area contributed by atoms with Gasteiger partial charge in [0.15, 0.2) is 0 Å². The van der Waals surface area contributed by atoms with Crippen LogP contribution in [-0.4, -0.2) is 54.9 Å². The number of carbonyl (C=O) groups is 2. The topological polar surface area (TPSA) is 84.7 Å². The first kappa shape index (κ1) is 20.5. The van der Waals surface area contributed by atoms with Crippen LogP contribution in [0.15, 0.2) is 0 Å². The summed E-state index contributed by atoms with van der Waals surface area (Å²) in [5, 5.41) is 1.75. The van der Waals surface area contributed by atoms with Crippen LogP contribution in [0.2, 0.25) is 0 Å². The maximum atomic E-state index is 12.0. The summed E-state index contributed by atoms with van der Waals surface area (Å²) in [7, 11) is 0. The van der Waals surface area contributed by atoms with E-state index in [4.69, 9.17) is 10.5 Å². The van der Waals surface area contributed by atoms with Gasteiger partial charge in [0.1, 0.15) is 5.60 Å². The van der Waals surface area contributed by atoms with Crippen molar-refractivity contribution in [1.29, 1.82) is 0 Å². The summed E-state index contributed by atoms with van der Waals surface area (Å²) in [5.41, 5.74) is 4.72. The fourth-order valence-corrected chi connectivity index (χ4v) is 1.48. The lowest BCUT2D eigenvalue weighted by molar-refractivity contribution is -0.173. The van der Waals surface area contributed by atoms with Crippen LogP contribution in [-0.2, 0) is 9.53 Å². The number of hydrogen-bond acceptors (Lipinski definition) is 4. The molecule has 22 heavy (non-hydrogen) atoms. The van der Waals surface area contributed by atoms with Gasteiger partial charge >= 0.3 is 18.2 Å². The number of amides is 2. The second kappa shape index (κ2) is 8.82. The first-order valence-electron chi connectivity index (χ1n) is 7.00. The highest BCUT2D eigenvalue weighted by molar-refractivity contribution is 5.81. The van der Waals surface area contributed by atoms with E-state index in [1.807, 2.05) is 0 Å². The van der Waals surface area contributed by atoms with Crippen molar-refractivity contribution < 1.29 is 27.5 Å². The summed E-state index contributed by atoms with van der Waals surface area (Å²) in [5.74, 6) is -1.99. The first-order chi connectivity index (χ1) is 9.97. The molecule has 0 heterocycles. The minimum absolute atomic E-state index is 0.174. The molecule has 0 fully saturated rings. The predicted molar refractivity (Wildman–Crippen MR) is 75.2 cm³/mol. The van der Waals surface area contributed by atoms with E-state index >= 15 is 0 Å². The molecule has 0 aliphatic heterocycles. The molecule has 9 heteroatoms. The number of alkyl halides is 3. The van der Waals surface area contributed by atoms with Crippen molar-refractivity contribution in [3.63, 3.8) is 0 Å². The van der Waals surface area contributed by atoms with Gasteiger partial charge in [-0.1, -0.05) is 0 Å². The molecule has 0 bridgehead atoms. The zero-order valence-electron chi connectivity index (χ0n) is 13.1. The molecule has 0 spiro atoms. The second-order valence-electron chi connectivity index (χ2n) is 5.72. The van der Waals surface area contributed by atoms with Crippen LogP contribution in [0, 0.1) is 0 Å². The van der Waals surface area contributed by atoms with Crippen molar-refractivity contribution in [2.75, 3.05) is 26.2 Å². The Morgan fingerprint density at radius 3 is 2.14 bits per heavy atom. The summed E-state index contributed by atoms with van der Waals surface area (Å²) in [4.78, 5) is 24.0. The molecular weight excluding hydrogens is 303 g/mol. The van der Waals surface area contributed by atoms with Crippen LogP contribution in [0.3, 0.4) is 0 Å². The molecule has 0 aromatic carbocycles. The van der Waals surface area contributed by atoms with Gasteiger partial charge in [0.05, 0.1) is 0 Å². The maximum Gasteiger partial charge on any atom is 0.471 e. The van der Waals surface area contributed by atoms with Crippen molar-refractivity contribution in [2.45, 2.75) is 45.4 Å². The smallest absolute Gasteiger partial charge is 0.444 e. The molecule has 0 rings (SSSR count). The first-order valence-corrected chi connectivity index (χ1v) is 7.00. The Morgan fingerprint density at radius 2 is 1.68 bits per heavy atom. The average molecular weight is 327 g/mol. The minimum Gasteiger partial charge on any atom is -0.444 e. The third-order valence-corrected chi connectivity index (χ3v) is 2.43. The van der Waals surface area contributed by atoms with Gasteiger partial charge in [-0.05, 0) is 40.2 Å². The Morgan fingerprint density at radius 1 is 1.14 bits per heavy atom. The van der Waals surface area contributed by atoms with Crippen LogP contribution in [0.4, 0.5) is 18.0 Å². The summed E-state index contributed by atoms with van der Waals surface area (Å²) >= 11 is 0. The summed E-state index contributed by atoms with van der Waals surface area (Å²) in [6, 6.07) is 0. The quantitative estimate of drug-likeness (QED) is 0.696. The molecule has 3 N–H and O–H groups in total. The fourth-order valence-electron chi connectivity index (χ4n) is 1.48. The van der Waals surface area contributed by atoms with E-state index in [0.29, 0.717) is 19.5 Å². The number of rotatable bonds is 7. The molecule has 0 atom stereocenters. The zero-order valence-corrected chi connectivity index (χ0v) is 13.1. The molecule has 0 unspecified atom stereocenters. The zero-order chi connectivity index (χ0) is 17.4. The lowest BCUT2D eigenvalue weighted by atomic mass is 10.2. The summed E-state index contributed by atoms with van der Waals surface area (Å²) in [6.45, 7) is 5.87. The number of hydrogen-bond donors (Lipinski definition) is 2. The van der Waals surface area contributed by atoms with Gasteiger partial charge in [-0.3, -0.25) is 4.79 Å². The number of ether oxygens (including phenoxy) is 1. The van der Waals surface area contributed by atoms with Crippen LogP contribution in [0.5, 0.6) is 0 Å². The molecule has 0 saturated heterocycles. The second-order valence-corrected chi connectivity index (χ2v) is 5.72. The van der Waals surface area contributed by atoms with Crippen LogP contribution in [0.1, 0.15) is 33.6 Å². The SMILES string of the molecule is CC(C)(C)OC(=O)N(CCCN)CCCNC(=O)C(F)(F)F. The average Bonchev–Trinajstić information content (AvgIpc) is 2.34. The highest BCUT2D eigenvalue weighted by Gasteiger charge is 2.38. The van der Waals surface area contributed by atoms with Gasteiger partial charge in [0.25, 0.3) is 0 Å². The normalized spacial score (nSPS) is 12.0. The molecule has 0 radical (unpaired) electrons. The van der Waals surface area contributed by atoms with E-state index in [1.54, 1.807) is 26.1 Å². The van der Waals surface area contributed by atoms with Crippen molar-refractivity contribution in [2.24, 2.45) is 5.73 Å². The Balaban J connectivity index is 4.31. The van der Waals surface area contributed by atoms with Crippen LogP contribution < -0.4 is 11.1 Å². The molecule has 0 aliphatic rings. The molecule has 6 nitrogen and oxygen atoms in total. The summed E-state index contributed by atoms with van der Waals surface area (Å²) < 4.78 is 41.2. The van der Waals surface area contributed by atoms with Gasteiger partial charge in [0.2, 0.25) is 0 Å². The van der Waals surface area contributed by atoms with E-state index in [9.17, 15) is 22.8 Å². The van der Waals surface area contributed by atoms with E-state index in [1.165, 1.54) is 4.90 Å². The number of carbonyl (C=O) groups excluding carboxylic acids is 2. The van der Waals surface area contributed by atoms with Crippen LogP contribution in [0.25, 0.3) is 0 Å². The van der Waals surface area contributed by atoms with Gasteiger partial charge < -0.3 is 20.7 Å². The third-order valence-electron chi connectivity index (χ3n) is 2.43. The van der Waals surface area contributed by atoms with Gasteiger partial charge in [-0.25, -0.2) is 4.79 Å². The molecular formula is C13H24F3N3O3. The van der Waals surface area contributed by atoms with Gasteiger partial charge in [-0.2, -0.15) is 13.2 Å². The highest BCUT2D eigenvalue weighted by Crippen LogP contribution is 2.14. The number of nitrogens with two attached hydrogens (primary N) is 1. The molecule has 0 aliphatic carbocycles. The van der Waals surface area contributed by atoms with E-state index in [2.05, 4.69) is 0 Å². The van der Waals surface area contributed by atoms with Crippen molar-refractivity contribution >= 4 is 12.0 Å². The Labute approximate surface area is 128 Å². The van der Waals surface area contributed by atoms with Gasteiger partial charge in [0, 0.05) is 19.6 Å². The molecule has 0 saturated carbocycles. The lowest BCUT2D eigenvalue weighted by Gasteiger charge is -2.27. The molecule has 0 aromatic heterocycles. The maximum absolute atomic E-state index is 12.0. The highest BCUT2D eigenvalue weighted by atomic mass is 19.4. The third kappa shape index (κ3) is 9.43. The summed E-state index contributed by atoms with van der Waals surface area (Å²) in [6.07, 6.45) is -4.72. The molecule has 2 amide bonds. The number of nitrogens with zero attached hydrogens (tertiary/aromatic N) is 1. The lowest BCUT2D eigenvalue weighted by Crippen LogP contribution is -2.41. The van der Waals surface area contributed by atoms with E-state index in [-0.39, 0.29) is 19.5 Å². The van der Waals surface area contributed by atoms with Crippen molar-refractivity contribution in [1.82, 2.24) is 10.2 Å². The fraction of sp³-hybridized carbons (Fsp3) is 0.846.